The van der Waals surface area contributed by atoms with Crippen molar-refractivity contribution < 1.29 is 28.6 Å². The molecule has 0 aliphatic carbocycles. The van der Waals surface area contributed by atoms with Gasteiger partial charge in [0.25, 0.3) is 0 Å². The molecule has 0 aliphatic heterocycles. The Hall–Kier alpha value is -2.47. The highest BCUT2D eigenvalue weighted by atomic mass is 19.1. The van der Waals surface area contributed by atoms with Gasteiger partial charge in [0.15, 0.2) is 5.60 Å². The summed E-state index contributed by atoms with van der Waals surface area (Å²) in [5.41, 5.74) is -1.92. The van der Waals surface area contributed by atoms with Crippen molar-refractivity contribution in [2.75, 3.05) is 14.2 Å². The fourth-order valence-corrected chi connectivity index (χ4v) is 1.75. The first-order chi connectivity index (χ1) is 10.4. The number of halogens is 1. The van der Waals surface area contributed by atoms with E-state index in [9.17, 15) is 19.1 Å². The predicted molar refractivity (Wildman–Crippen MR) is 77.2 cm³/mol. The molecule has 1 aromatic carbocycles. The number of carbonyl (C=O) groups is 2. The summed E-state index contributed by atoms with van der Waals surface area (Å²) in [5.74, 6) is -2.01. The van der Waals surface area contributed by atoms with E-state index in [2.05, 4.69) is 9.47 Å². The molecule has 0 aliphatic rings. The van der Waals surface area contributed by atoms with Crippen molar-refractivity contribution in [1.29, 1.82) is 0 Å². The largest absolute Gasteiger partial charge is 0.467 e. The molecular weight excluding hydrogens is 291 g/mol. The van der Waals surface area contributed by atoms with Crippen molar-refractivity contribution >= 4 is 11.9 Å². The lowest BCUT2D eigenvalue weighted by Gasteiger charge is -2.24. The molecule has 118 valence electrons. The van der Waals surface area contributed by atoms with E-state index < -0.39 is 23.4 Å². The quantitative estimate of drug-likeness (QED) is 0.493. The lowest BCUT2D eigenvalue weighted by molar-refractivity contribution is -0.163. The first-order valence-corrected chi connectivity index (χ1v) is 6.42. The molecule has 0 bridgehead atoms. The minimum absolute atomic E-state index is 0.0842. The van der Waals surface area contributed by atoms with Crippen LogP contribution in [0.1, 0.15) is 12.0 Å². The predicted octanol–water partition coefficient (Wildman–Crippen LogP) is 1.86. The Morgan fingerprint density at radius 2 is 2.00 bits per heavy atom. The fraction of sp³-hybridized carbons (Fsp3) is 0.250. The number of benzene rings is 1. The first-order valence-electron chi connectivity index (χ1n) is 6.42. The second-order valence-electron chi connectivity index (χ2n) is 4.38. The lowest BCUT2D eigenvalue weighted by atomic mass is 9.90. The smallest absolute Gasteiger partial charge is 0.342 e. The third kappa shape index (κ3) is 4.53. The van der Waals surface area contributed by atoms with E-state index >= 15 is 0 Å². The van der Waals surface area contributed by atoms with Crippen LogP contribution in [0.5, 0.6) is 0 Å². The van der Waals surface area contributed by atoms with Gasteiger partial charge >= 0.3 is 11.9 Å². The zero-order valence-electron chi connectivity index (χ0n) is 12.3. The molecule has 22 heavy (non-hydrogen) atoms. The molecule has 0 amide bonds. The number of methoxy groups -OCH3 is 2. The average molecular weight is 308 g/mol. The summed E-state index contributed by atoms with van der Waals surface area (Å²) in [5, 5.41) is 10.5. The Morgan fingerprint density at radius 1 is 1.27 bits per heavy atom. The Kier molecular flexibility index (Phi) is 6.47. The molecule has 0 fully saturated rings. The number of ether oxygens (including phenoxy) is 2. The maximum Gasteiger partial charge on any atom is 0.342 e. The van der Waals surface area contributed by atoms with Crippen LogP contribution >= 0.6 is 0 Å². The minimum Gasteiger partial charge on any atom is -0.467 e. The van der Waals surface area contributed by atoms with Gasteiger partial charge in [-0.15, -0.1) is 0 Å². The van der Waals surface area contributed by atoms with Gasteiger partial charge < -0.3 is 14.6 Å². The van der Waals surface area contributed by atoms with E-state index in [-0.39, 0.29) is 12.0 Å². The molecule has 0 radical (unpaired) electrons. The van der Waals surface area contributed by atoms with Crippen molar-refractivity contribution in [3.8, 4) is 0 Å². The maximum atomic E-state index is 13.3. The van der Waals surface area contributed by atoms with Gasteiger partial charge in [-0.3, -0.25) is 0 Å². The maximum absolute atomic E-state index is 13.3. The third-order valence-corrected chi connectivity index (χ3v) is 2.92. The number of allylic oxidation sites excluding steroid dienone is 2. The third-order valence-electron chi connectivity index (χ3n) is 2.92. The number of hydrogen-bond acceptors (Lipinski definition) is 5. The number of hydrogen-bond donors (Lipinski definition) is 1. The summed E-state index contributed by atoms with van der Waals surface area (Å²) in [6, 6.07) is 5.09. The zero-order valence-corrected chi connectivity index (χ0v) is 12.3. The fourth-order valence-electron chi connectivity index (χ4n) is 1.75. The second-order valence-corrected chi connectivity index (χ2v) is 4.38. The average Bonchev–Trinajstić information content (AvgIpc) is 2.53. The van der Waals surface area contributed by atoms with Gasteiger partial charge in [-0.1, -0.05) is 30.4 Å². The SMILES string of the molecule is COC(=O)/C=C/C=C/CC(O)(C(=O)OC)c1cccc(F)c1. The van der Waals surface area contributed by atoms with Gasteiger partial charge in [-0.2, -0.15) is 0 Å². The molecule has 1 unspecified atom stereocenters. The highest BCUT2D eigenvalue weighted by Crippen LogP contribution is 2.27. The summed E-state index contributed by atoms with van der Waals surface area (Å²) < 4.78 is 22.3. The van der Waals surface area contributed by atoms with Gasteiger partial charge in [-0.25, -0.2) is 14.0 Å². The number of carbonyl (C=O) groups excluding carboxylic acids is 2. The van der Waals surface area contributed by atoms with Gasteiger partial charge in [0.1, 0.15) is 5.82 Å². The molecule has 1 aromatic rings. The van der Waals surface area contributed by atoms with Crippen LogP contribution in [0.4, 0.5) is 4.39 Å². The van der Waals surface area contributed by atoms with E-state index in [4.69, 9.17) is 0 Å². The van der Waals surface area contributed by atoms with Crippen molar-refractivity contribution in [2.24, 2.45) is 0 Å². The Bertz CT molecular complexity index is 594. The molecule has 5 nitrogen and oxygen atoms in total. The summed E-state index contributed by atoms with van der Waals surface area (Å²) in [6.07, 6.45) is 5.35. The van der Waals surface area contributed by atoms with Crippen molar-refractivity contribution in [3.05, 3.63) is 60.0 Å². The topological polar surface area (TPSA) is 72.8 Å². The van der Waals surface area contributed by atoms with Gasteiger partial charge in [0.05, 0.1) is 14.2 Å². The summed E-state index contributed by atoms with van der Waals surface area (Å²) in [4.78, 5) is 22.7. The summed E-state index contributed by atoms with van der Waals surface area (Å²) >= 11 is 0. The standard InChI is InChI=1S/C16H17FO5/c1-21-14(18)9-4-3-5-10-16(20,15(19)22-2)12-7-6-8-13(17)11-12/h3-9,11,20H,10H2,1-2H3/b5-3+,9-4+. The molecule has 1 N–H and O–H groups in total. The Morgan fingerprint density at radius 3 is 2.59 bits per heavy atom. The number of esters is 2. The molecule has 0 saturated heterocycles. The zero-order chi connectivity index (χ0) is 16.6. The van der Waals surface area contributed by atoms with Crippen molar-refractivity contribution in [3.63, 3.8) is 0 Å². The molecule has 0 aromatic heterocycles. The molecule has 1 atom stereocenters. The van der Waals surface area contributed by atoms with Crippen LogP contribution in [0.15, 0.2) is 48.6 Å². The minimum atomic E-state index is -2.01. The molecule has 6 heteroatoms. The number of aliphatic hydroxyl groups is 1. The molecule has 0 saturated carbocycles. The van der Waals surface area contributed by atoms with E-state index in [1.807, 2.05) is 0 Å². The first kappa shape index (κ1) is 17.6. The van der Waals surface area contributed by atoms with Crippen molar-refractivity contribution in [1.82, 2.24) is 0 Å². The Labute approximate surface area is 127 Å². The van der Waals surface area contributed by atoms with Crippen LogP contribution in [-0.4, -0.2) is 31.3 Å². The summed E-state index contributed by atoms with van der Waals surface area (Å²) in [6.45, 7) is 0. The van der Waals surface area contributed by atoms with E-state index in [1.54, 1.807) is 0 Å². The van der Waals surface area contributed by atoms with Crippen molar-refractivity contribution in [2.45, 2.75) is 12.0 Å². The lowest BCUT2D eigenvalue weighted by Crippen LogP contribution is -2.36. The molecular formula is C16H17FO5. The van der Waals surface area contributed by atoms with Crippen LogP contribution in [-0.2, 0) is 24.7 Å². The Balaban J connectivity index is 2.94. The molecule has 0 spiro atoms. The van der Waals surface area contributed by atoms with Crippen LogP contribution in [0, 0.1) is 5.82 Å². The van der Waals surface area contributed by atoms with Gasteiger partial charge in [-0.05, 0) is 17.7 Å². The van der Waals surface area contributed by atoms with Crippen LogP contribution in [0.25, 0.3) is 0 Å². The van der Waals surface area contributed by atoms with E-state index in [0.29, 0.717) is 0 Å². The molecule has 0 heterocycles. The van der Waals surface area contributed by atoms with Crippen LogP contribution in [0.2, 0.25) is 0 Å². The summed E-state index contributed by atoms with van der Waals surface area (Å²) in [7, 11) is 2.38. The van der Waals surface area contributed by atoms with Crippen LogP contribution < -0.4 is 0 Å². The van der Waals surface area contributed by atoms with E-state index in [1.165, 1.54) is 49.6 Å². The van der Waals surface area contributed by atoms with Gasteiger partial charge in [0.2, 0.25) is 0 Å². The number of rotatable bonds is 6. The van der Waals surface area contributed by atoms with Gasteiger partial charge in [0, 0.05) is 12.5 Å². The highest BCUT2D eigenvalue weighted by molar-refractivity contribution is 5.82. The normalized spacial score (nSPS) is 14.0. The van der Waals surface area contributed by atoms with E-state index in [0.717, 1.165) is 13.2 Å². The highest BCUT2D eigenvalue weighted by Gasteiger charge is 2.38. The monoisotopic (exact) mass is 308 g/mol. The second kappa shape index (κ2) is 8.09. The van der Waals surface area contributed by atoms with Crippen LogP contribution in [0.3, 0.4) is 0 Å². The molecule has 1 rings (SSSR count).